The molecular formula is C45H29N3S. The van der Waals surface area contributed by atoms with Crippen LogP contribution in [0.1, 0.15) is 0 Å². The molecule has 0 aliphatic heterocycles. The molecule has 0 radical (unpaired) electrons. The Bertz CT molecular complexity index is 2610. The largest absolute Gasteiger partial charge is 0.208 e. The van der Waals surface area contributed by atoms with E-state index in [1.807, 2.05) is 29.5 Å². The molecule has 2 heterocycles. The van der Waals surface area contributed by atoms with Gasteiger partial charge in [0, 0.05) is 36.9 Å². The van der Waals surface area contributed by atoms with E-state index in [9.17, 15) is 0 Å². The molecule has 0 saturated carbocycles. The third-order valence-electron chi connectivity index (χ3n) is 8.95. The van der Waals surface area contributed by atoms with Crippen molar-refractivity contribution >= 4 is 31.5 Å². The molecule has 49 heavy (non-hydrogen) atoms. The first-order valence-electron chi connectivity index (χ1n) is 16.4. The van der Waals surface area contributed by atoms with E-state index in [4.69, 9.17) is 15.0 Å². The Kier molecular flexibility index (Phi) is 7.34. The molecule has 230 valence electrons. The van der Waals surface area contributed by atoms with Crippen LogP contribution in [-0.2, 0) is 0 Å². The topological polar surface area (TPSA) is 38.7 Å². The van der Waals surface area contributed by atoms with Gasteiger partial charge in [0.15, 0.2) is 17.5 Å². The van der Waals surface area contributed by atoms with Gasteiger partial charge in [0.1, 0.15) is 0 Å². The van der Waals surface area contributed by atoms with Gasteiger partial charge in [-0.15, -0.1) is 11.3 Å². The molecular weight excluding hydrogens is 615 g/mol. The number of thiophene rings is 1. The second-order valence-electron chi connectivity index (χ2n) is 12.1. The summed E-state index contributed by atoms with van der Waals surface area (Å²) in [4.78, 5) is 15.4. The zero-order valence-electron chi connectivity index (χ0n) is 26.5. The second-order valence-corrected chi connectivity index (χ2v) is 13.1. The minimum atomic E-state index is 0.636. The highest BCUT2D eigenvalue weighted by Crippen LogP contribution is 2.38. The van der Waals surface area contributed by atoms with E-state index < -0.39 is 0 Å². The van der Waals surface area contributed by atoms with Crippen LogP contribution in [0, 0.1) is 0 Å². The van der Waals surface area contributed by atoms with E-state index in [1.54, 1.807) is 0 Å². The summed E-state index contributed by atoms with van der Waals surface area (Å²) in [7, 11) is 0. The summed E-state index contributed by atoms with van der Waals surface area (Å²) < 4.78 is 2.60. The average Bonchev–Trinajstić information content (AvgIpc) is 3.56. The molecule has 0 atom stereocenters. The van der Waals surface area contributed by atoms with Crippen molar-refractivity contribution < 1.29 is 0 Å². The molecule has 0 unspecified atom stereocenters. The third kappa shape index (κ3) is 5.58. The fourth-order valence-corrected chi connectivity index (χ4v) is 7.60. The van der Waals surface area contributed by atoms with Crippen molar-refractivity contribution in [1.82, 2.24) is 15.0 Å². The molecule has 0 fully saturated rings. The zero-order chi connectivity index (χ0) is 32.6. The first-order valence-corrected chi connectivity index (χ1v) is 17.2. The molecule has 0 saturated heterocycles. The fraction of sp³-hybridized carbons (Fsp3) is 0. The number of aromatic nitrogens is 3. The molecule has 9 rings (SSSR count). The summed E-state index contributed by atoms with van der Waals surface area (Å²) in [5.41, 5.74) is 9.58. The molecule has 4 heteroatoms. The van der Waals surface area contributed by atoms with Crippen LogP contribution in [-0.4, -0.2) is 15.0 Å². The molecule has 0 bridgehead atoms. The van der Waals surface area contributed by atoms with Gasteiger partial charge in [-0.25, -0.2) is 15.0 Å². The zero-order valence-corrected chi connectivity index (χ0v) is 27.3. The fourth-order valence-electron chi connectivity index (χ4n) is 6.51. The van der Waals surface area contributed by atoms with Crippen molar-refractivity contribution in [3.63, 3.8) is 0 Å². The normalized spacial score (nSPS) is 11.3. The van der Waals surface area contributed by atoms with Gasteiger partial charge in [-0.1, -0.05) is 146 Å². The molecule has 9 aromatic rings. The lowest BCUT2D eigenvalue weighted by Gasteiger charge is -2.13. The molecule has 0 amide bonds. The van der Waals surface area contributed by atoms with E-state index in [-0.39, 0.29) is 0 Å². The van der Waals surface area contributed by atoms with Crippen LogP contribution in [0.5, 0.6) is 0 Å². The predicted octanol–water partition coefficient (Wildman–Crippen LogP) is 12.2. The summed E-state index contributed by atoms with van der Waals surface area (Å²) in [6, 6.07) is 61.6. The average molecular weight is 644 g/mol. The molecule has 0 spiro atoms. The van der Waals surface area contributed by atoms with Gasteiger partial charge in [-0.05, 0) is 63.7 Å². The van der Waals surface area contributed by atoms with Crippen molar-refractivity contribution in [1.29, 1.82) is 0 Å². The smallest absolute Gasteiger partial charge is 0.164 e. The molecule has 0 aliphatic rings. The van der Waals surface area contributed by atoms with E-state index >= 15 is 0 Å². The summed E-state index contributed by atoms with van der Waals surface area (Å²) in [5.74, 6) is 1.91. The highest BCUT2D eigenvalue weighted by Gasteiger charge is 2.17. The van der Waals surface area contributed by atoms with Gasteiger partial charge in [-0.2, -0.15) is 0 Å². The summed E-state index contributed by atoms with van der Waals surface area (Å²) in [6.45, 7) is 0. The maximum atomic E-state index is 5.16. The Morgan fingerprint density at radius 1 is 0.286 bits per heavy atom. The van der Waals surface area contributed by atoms with Crippen molar-refractivity contribution in [2.24, 2.45) is 0 Å². The number of hydrogen-bond donors (Lipinski definition) is 0. The highest BCUT2D eigenvalue weighted by molar-refractivity contribution is 7.25. The van der Waals surface area contributed by atoms with Crippen molar-refractivity contribution in [3.8, 4) is 67.5 Å². The van der Waals surface area contributed by atoms with E-state index in [2.05, 4.69) is 158 Å². The predicted molar refractivity (Wildman–Crippen MR) is 205 cm³/mol. The van der Waals surface area contributed by atoms with Crippen molar-refractivity contribution in [3.05, 3.63) is 176 Å². The standard InChI is InChI=1S/C45H29N3S/c1-3-13-30(14-4-1)32-17-11-19-35(27-32)43-46-44(48-45(47-43)39-23-8-7-21-37(39)31-15-5-2-6-16-31)36-20-12-18-33(28-36)34-25-26-42-40(29-34)38-22-9-10-24-41(38)49-42/h1-29H. The quantitative estimate of drug-likeness (QED) is 0.181. The highest BCUT2D eigenvalue weighted by atomic mass is 32.1. The lowest BCUT2D eigenvalue weighted by molar-refractivity contribution is 1.07. The summed E-state index contributed by atoms with van der Waals surface area (Å²) in [5, 5.41) is 2.58. The number of fused-ring (bicyclic) bond motifs is 3. The maximum absolute atomic E-state index is 5.16. The van der Waals surface area contributed by atoms with Gasteiger partial charge in [0.25, 0.3) is 0 Å². The second kappa shape index (κ2) is 12.4. The monoisotopic (exact) mass is 643 g/mol. The van der Waals surface area contributed by atoms with Crippen LogP contribution in [0.25, 0.3) is 87.7 Å². The third-order valence-corrected chi connectivity index (χ3v) is 10.1. The number of hydrogen-bond acceptors (Lipinski definition) is 4. The van der Waals surface area contributed by atoms with Crippen LogP contribution >= 0.6 is 11.3 Å². The van der Waals surface area contributed by atoms with Gasteiger partial charge < -0.3 is 0 Å². The first kappa shape index (κ1) is 29.0. The lowest BCUT2D eigenvalue weighted by Crippen LogP contribution is -2.01. The molecule has 0 aliphatic carbocycles. The Morgan fingerprint density at radius 2 is 0.776 bits per heavy atom. The minimum Gasteiger partial charge on any atom is -0.208 e. The molecule has 0 N–H and O–H groups in total. The van der Waals surface area contributed by atoms with Gasteiger partial charge >= 0.3 is 0 Å². The number of nitrogens with zero attached hydrogens (tertiary/aromatic N) is 3. The van der Waals surface area contributed by atoms with E-state index in [0.717, 1.165) is 50.1 Å². The van der Waals surface area contributed by atoms with Crippen molar-refractivity contribution in [2.45, 2.75) is 0 Å². The summed E-state index contributed by atoms with van der Waals surface area (Å²) in [6.07, 6.45) is 0. The maximum Gasteiger partial charge on any atom is 0.164 e. The van der Waals surface area contributed by atoms with Crippen molar-refractivity contribution in [2.75, 3.05) is 0 Å². The lowest BCUT2D eigenvalue weighted by atomic mass is 9.98. The van der Waals surface area contributed by atoms with Crippen LogP contribution < -0.4 is 0 Å². The Morgan fingerprint density at radius 3 is 1.49 bits per heavy atom. The SMILES string of the molecule is c1ccc(-c2cccc(-c3nc(-c4cccc(-c5ccc6sc7ccccc7c6c5)c4)nc(-c4ccccc4-c4ccccc4)n3)c2)cc1. The Hall–Kier alpha value is -6.23. The van der Waals surface area contributed by atoms with Crippen LogP contribution in [0.15, 0.2) is 176 Å². The molecule has 7 aromatic carbocycles. The Balaban J connectivity index is 1.21. The molecule has 3 nitrogen and oxygen atoms in total. The van der Waals surface area contributed by atoms with E-state index in [0.29, 0.717) is 17.5 Å². The minimum absolute atomic E-state index is 0.636. The number of benzene rings is 7. The van der Waals surface area contributed by atoms with E-state index in [1.165, 1.54) is 20.2 Å². The van der Waals surface area contributed by atoms with Gasteiger partial charge in [0.05, 0.1) is 0 Å². The van der Waals surface area contributed by atoms with Crippen LogP contribution in [0.4, 0.5) is 0 Å². The first-order chi connectivity index (χ1) is 24.3. The van der Waals surface area contributed by atoms with Crippen LogP contribution in [0.3, 0.4) is 0 Å². The van der Waals surface area contributed by atoms with Crippen LogP contribution in [0.2, 0.25) is 0 Å². The van der Waals surface area contributed by atoms with Gasteiger partial charge in [0.2, 0.25) is 0 Å². The Labute approximate surface area is 288 Å². The molecule has 2 aromatic heterocycles. The number of rotatable bonds is 6. The summed E-state index contributed by atoms with van der Waals surface area (Å²) >= 11 is 1.84. The van der Waals surface area contributed by atoms with Gasteiger partial charge in [-0.3, -0.25) is 0 Å².